The number of hydrogen-bond acceptors (Lipinski definition) is 5. The zero-order valence-corrected chi connectivity index (χ0v) is 22.1. The number of fused-ring (bicyclic) bond motifs is 5. The smallest absolute Gasteiger partial charge is 0.332 e. The van der Waals surface area contributed by atoms with Gasteiger partial charge in [0.25, 0.3) is 5.56 Å². The SMILES string of the molecule is C1CC2CCCC(C1)C2.O=C(O)CNC(=O)Cn1c(=O)n(C2CC3CCCC(C2)N3)c(=O)c2ccccc21. The Morgan fingerprint density at radius 3 is 2.11 bits per heavy atom. The van der Waals surface area contributed by atoms with E-state index in [-0.39, 0.29) is 30.2 Å². The van der Waals surface area contributed by atoms with E-state index in [1.165, 1.54) is 22.0 Å². The van der Waals surface area contributed by atoms with E-state index < -0.39 is 24.1 Å². The van der Waals surface area contributed by atoms with Crippen LogP contribution in [0.5, 0.6) is 0 Å². The lowest BCUT2D eigenvalue weighted by molar-refractivity contribution is -0.138. The second-order valence-electron chi connectivity index (χ2n) is 11.7. The van der Waals surface area contributed by atoms with Crippen LogP contribution in [0.25, 0.3) is 10.9 Å². The van der Waals surface area contributed by atoms with Crippen LogP contribution < -0.4 is 21.9 Å². The van der Waals surface area contributed by atoms with Gasteiger partial charge in [0.15, 0.2) is 0 Å². The Kier molecular flexibility index (Phi) is 8.31. The number of aliphatic carboxylic acids is 1. The third-order valence-electron chi connectivity index (χ3n) is 8.99. The molecule has 2 aliphatic carbocycles. The fourth-order valence-electron chi connectivity index (χ4n) is 7.26. The molecule has 2 aromatic rings. The average molecular weight is 525 g/mol. The number of carboxylic acids is 1. The van der Waals surface area contributed by atoms with Gasteiger partial charge in [-0.25, -0.2) is 4.79 Å². The first-order chi connectivity index (χ1) is 18.4. The Balaban J connectivity index is 0.000000273. The maximum Gasteiger partial charge on any atom is 0.332 e. The first-order valence-electron chi connectivity index (χ1n) is 14.4. The molecule has 0 radical (unpaired) electrons. The molecule has 2 saturated heterocycles. The standard InChI is InChI=1S/C20H24N4O5.C9H16/c25-17(21-10-18(26)27)11-23-16-7-2-1-6-15(16)19(28)24(20(23)29)14-8-12-4-3-5-13(9-14)22-12;1-3-8-5-2-6-9(4-1)7-8/h1-2,6-7,12-14,22H,3-5,8-11H2,(H,21,25)(H,26,27);8-9H,1-7H2. The van der Waals surface area contributed by atoms with Crippen LogP contribution in [-0.2, 0) is 16.1 Å². The molecule has 1 amide bonds. The number of piperidine rings is 2. The number of nitrogens with zero attached hydrogens (tertiary/aromatic N) is 2. The zero-order valence-electron chi connectivity index (χ0n) is 22.1. The molecule has 2 atom stereocenters. The summed E-state index contributed by atoms with van der Waals surface area (Å²) in [5.74, 6) is 0.545. The predicted molar refractivity (Wildman–Crippen MR) is 145 cm³/mol. The van der Waals surface area contributed by atoms with E-state index >= 15 is 0 Å². The molecule has 2 aliphatic heterocycles. The number of amides is 1. The van der Waals surface area contributed by atoms with Crippen LogP contribution >= 0.6 is 0 Å². The maximum atomic E-state index is 13.3. The fraction of sp³-hybridized carbons (Fsp3) is 0.655. The van der Waals surface area contributed by atoms with Crippen LogP contribution in [-0.4, -0.2) is 44.7 Å². The quantitative estimate of drug-likeness (QED) is 0.552. The average Bonchev–Trinajstić information content (AvgIpc) is 2.90. The monoisotopic (exact) mass is 524 g/mol. The van der Waals surface area contributed by atoms with Crippen LogP contribution in [0.4, 0.5) is 0 Å². The van der Waals surface area contributed by atoms with Gasteiger partial charge in [-0.1, -0.05) is 57.1 Å². The third kappa shape index (κ3) is 6.03. The van der Waals surface area contributed by atoms with E-state index in [1.807, 2.05) is 0 Å². The van der Waals surface area contributed by atoms with Gasteiger partial charge in [0.05, 0.1) is 10.9 Å². The minimum atomic E-state index is -1.17. The highest BCUT2D eigenvalue weighted by Crippen LogP contribution is 2.39. The fourth-order valence-corrected chi connectivity index (χ4v) is 7.26. The van der Waals surface area contributed by atoms with Crippen molar-refractivity contribution in [3.05, 3.63) is 45.1 Å². The molecule has 2 unspecified atom stereocenters. The first-order valence-corrected chi connectivity index (χ1v) is 14.4. The lowest BCUT2D eigenvalue weighted by Gasteiger charge is -2.40. The molecular formula is C29H40N4O5. The largest absolute Gasteiger partial charge is 0.480 e. The Labute approximate surface area is 222 Å². The Bertz CT molecular complexity index is 1250. The highest BCUT2D eigenvalue weighted by Gasteiger charge is 2.34. The van der Waals surface area contributed by atoms with E-state index in [0.717, 1.165) is 31.1 Å². The van der Waals surface area contributed by atoms with Gasteiger partial charge < -0.3 is 15.7 Å². The van der Waals surface area contributed by atoms with Crippen LogP contribution in [0.1, 0.15) is 83.1 Å². The molecule has 2 saturated carbocycles. The predicted octanol–water partition coefficient (Wildman–Crippen LogP) is 3.19. The zero-order chi connectivity index (χ0) is 26.6. The van der Waals surface area contributed by atoms with Crippen molar-refractivity contribution in [2.24, 2.45) is 11.8 Å². The van der Waals surface area contributed by atoms with Crippen LogP contribution in [0.2, 0.25) is 0 Å². The summed E-state index contributed by atoms with van der Waals surface area (Å²) in [4.78, 5) is 49.4. The minimum Gasteiger partial charge on any atom is -0.480 e. The molecule has 1 aromatic carbocycles. The van der Waals surface area contributed by atoms with Crippen molar-refractivity contribution in [2.45, 2.75) is 102 Å². The Morgan fingerprint density at radius 2 is 1.50 bits per heavy atom. The molecule has 0 spiro atoms. The third-order valence-corrected chi connectivity index (χ3v) is 8.99. The van der Waals surface area contributed by atoms with E-state index in [2.05, 4.69) is 10.6 Å². The van der Waals surface area contributed by atoms with Crippen molar-refractivity contribution in [3.8, 4) is 0 Å². The highest BCUT2D eigenvalue weighted by molar-refractivity contribution is 5.83. The highest BCUT2D eigenvalue weighted by atomic mass is 16.4. The van der Waals surface area contributed by atoms with Crippen molar-refractivity contribution < 1.29 is 14.7 Å². The van der Waals surface area contributed by atoms with Gasteiger partial charge in [-0.15, -0.1) is 0 Å². The number of benzene rings is 1. The molecule has 206 valence electrons. The molecule has 4 bridgehead atoms. The topological polar surface area (TPSA) is 122 Å². The molecule has 38 heavy (non-hydrogen) atoms. The lowest BCUT2D eigenvalue weighted by Crippen LogP contribution is -2.53. The number of carbonyl (C=O) groups is 2. The summed E-state index contributed by atoms with van der Waals surface area (Å²) in [6.45, 7) is -0.868. The number of carbonyl (C=O) groups excluding carboxylic acids is 1. The van der Waals surface area contributed by atoms with Crippen LogP contribution in [0.3, 0.4) is 0 Å². The van der Waals surface area contributed by atoms with Gasteiger partial charge in [-0.05, 0) is 56.1 Å². The second kappa shape index (κ2) is 11.8. The van der Waals surface area contributed by atoms with Gasteiger partial charge in [0.2, 0.25) is 5.91 Å². The summed E-state index contributed by atoms with van der Waals surface area (Å²) in [7, 11) is 0. The van der Waals surface area contributed by atoms with E-state index in [9.17, 15) is 19.2 Å². The molecule has 9 nitrogen and oxygen atoms in total. The molecule has 1 aromatic heterocycles. The molecule has 4 fully saturated rings. The Morgan fingerprint density at radius 1 is 0.895 bits per heavy atom. The van der Waals surface area contributed by atoms with Gasteiger partial charge in [0, 0.05) is 18.1 Å². The number of rotatable bonds is 5. The normalized spacial score (nSPS) is 28.2. The molecule has 3 heterocycles. The summed E-state index contributed by atoms with van der Waals surface area (Å²) in [6, 6.07) is 7.07. The molecule has 3 N–H and O–H groups in total. The van der Waals surface area contributed by atoms with E-state index in [0.29, 0.717) is 23.7 Å². The molecule has 6 rings (SSSR count). The summed E-state index contributed by atoms with van der Waals surface area (Å²) in [5, 5.41) is 15.0. The summed E-state index contributed by atoms with van der Waals surface area (Å²) >= 11 is 0. The summed E-state index contributed by atoms with van der Waals surface area (Å²) in [5.41, 5.74) is -0.486. The van der Waals surface area contributed by atoms with Gasteiger partial charge in [-0.3, -0.25) is 23.5 Å². The van der Waals surface area contributed by atoms with Crippen LogP contribution in [0, 0.1) is 11.8 Å². The number of nitrogens with one attached hydrogen (secondary N) is 2. The van der Waals surface area contributed by atoms with Crippen molar-refractivity contribution in [2.75, 3.05) is 6.54 Å². The number of aromatic nitrogens is 2. The Hall–Kier alpha value is -2.94. The van der Waals surface area contributed by atoms with Gasteiger partial charge >= 0.3 is 11.7 Å². The van der Waals surface area contributed by atoms with Crippen molar-refractivity contribution in [1.29, 1.82) is 0 Å². The van der Waals surface area contributed by atoms with Crippen LogP contribution in [0.15, 0.2) is 33.9 Å². The number of hydrogen-bond donors (Lipinski definition) is 3. The first kappa shape index (κ1) is 26.7. The lowest BCUT2D eigenvalue weighted by atomic mass is 9.72. The van der Waals surface area contributed by atoms with E-state index in [4.69, 9.17) is 5.11 Å². The van der Waals surface area contributed by atoms with E-state index in [1.54, 1.807) is 56.4 Å². The molecule has 9 heteroatoms. The molecular weight excluding hydrogens is 484 g/mol. The minimum absolute atomic E-state index is 0.218. The summed E-state index contributed by atoms with van der Waals surface area (Å²) in [6.07, 6.45) is 15.5. The van der Waals surface area contributed by atoms with Gasteiger partial charge in [0.1, 0.15) is 13.1 Å². The summed E-state index contributed by atoms with van der Waals surface area (Å²) < 4.78 is 2.57. The molecule has 4 aliphatic rings. The van der Waals surface area contributed by atoms with Gasteiger partial charge in [-0.2, -0.15) is 0 Å². The van der Waals surface area contributed by atoms with Crippen molar-refractivity contribution >= 4 is 22.8 Å². The van der Waals surface area contributed by atoms with Crippen molar-refractivity contribution in [3.63, 3.8) is 0 Å². The number of carboxylic acid groups (broad SMARTS) is 1. The maximum absolute atomic E-state index is 13.3. The second-order valence-corrected chi connectivity index (χ2v) is 11.7. The number of para-hydroxylation sites is 1. The van der Waals surface area contributed by atoms with Crippen molar-refractivity contribution in [1.82, 2.24) is 19.8 Å².